The van der Waals surface area contributed by atoms with E-state index in [1.807, 2.05) is 30.3 Å². The van der Waals surface area contributed by atoms with Crippen LogP contribution in [0, 0.1) is 0 Å². The lowest BCUT2D eigenvalue weighted by molar-refractivity contribution is 0.0696. The van der Waals surface area contributed by atoms with Gasteiger partial charge in [-0.05, 0) is 35.4 Å². The first-order valence-corrected chi connectivity index (χ1v) is 11.2. The largest absolute Gasteiger partial charge is 0.489 e. The third-order valence-electron chi connectivity index (χ3n) is 4.21. The molecule has 0 aliphatic carbocycles. The lowest BCUT2D eigenvalue weighted by atomic mass is 10.0. The first-order chi connectivity index (χ1) is 13.7. The van der Waals surface area contributed by atoms with Crippen molar-refractivity contribution in [2.24, 2.45) is 0 Å². The number of carbonyl (C=O) groups is 1. The van der Waals surface area contributed by atoms with Crippen molar-refractivity contribution in [1.82, 2.24) is 0 Å². The second kappa shape index (κ2) is 8.86. The van der Waals surface area contributed by atoms with Crippen LogP contribution >= 0.6 is 22.3 Å². The molecule has 5 nitrogen and oxygen atoms in total. The number of rotatable bonds is 7. The van der Waals surface area contributed by atoms with Gasteiger partial charge in [-0.25, -0.2) is 13.2 Å². The highest BCUT2D eigenvalue weighted by atomic mass is 35.7. The zero-order valence-electron chi connectivity index (χ0n) is 15.0. The molecule has 150 valence electrons. The summed E-state index contributed by atoms with van der Waals surface area (Å²) < 4.78 is 30.2. The Kier molecular flexibility index (Phi) is 6.47. The van der Waals surface area contributed by atoms with Crippen molar-refractivity contribution < 1.29 is 23.1 Å². The van der Waals surface area contributed by atoms with E-state index in [-0.39, 0.29) is 29.2 Å². The van der Waals surface area contributed by atoms with Crippen molar-refractivity contribution >= 4 is 37.3 Å². The Morgan fingerprint density at radius 2 is 1.62 bits per heavy atom. The summed E-state index contributed by atoms with van der Waals surface area (Å²) in [6, 6.07) is 18.4. The Morgan fingerprint density at radius 3 is 2.21 bits per heavy atom. The predicted molar refractivity (Wildman–Crippen MR) is 111 cm³/mol. The van der Waals surface area contributed by atoms with Gasteiger partial charge in [0.25, 0.3) is 9.05 Å². The van der Waals surface area contributed by atoms with Crippen molar-refractivity contribution in [1.29, 1.82) is 0 Å². The predicted octanol–water partition coefficient (Wildman–Crippen LogP) is 5.14. The number of carboxylic acid groups (broad SMARTS) is 1. The van der Waals surface area contributed by atoms with Gasteiger partial charge in [-0.2, -0.15) is 0 Å². The summed E-state index contributed by atoms with van der Waals surface area (Å²) in [5.74, 6) is -1.14. The lowest BCUT2D eigenvalue weighted by Gasteiger charge is -2.16. The molecule has 0 aliphatic rings. The molecule has 0 unspecified atom stereocenters. The van der Waals surface area contributed by atoms with E-state index < -0.39 is 15.0 Å². The molecule has 29 heavy (non-hydrogen) atoms. The summed E-state index contributed by atoms with van der Waals surface area (Å²) in [4.78, 5) is 11.2. The maximum absolute atomic E-state index is 12.2. The molecule has 0 radical (unpaired) electrons. The summed E-state index contributed by atoms with van der Waals surface area (Å²) >= 11 is 5.88. The SMILES string of the molecule is O=C(O)c1cc(OCc2ccc(Cl)cc2)c(Cc2ccccc2)c(S(=O)(=O)Cl)c1. The number of hydrogen-bond acceptors (Lipinski definition) is 4. The third-order valence-corrected chi connectivity index (χ3v) is 5.85. The van der Waals surface area contributed by atoms with Gasteiger partial charge in [-0.15, -0.1) is 0 Å². The van der Waals surface area contributed by atoms with E-state index in [9.17, 15) is 18.3 Å². The van der Waals surface area contributed by atoms with Gasteiger partial charge in [0.15, 0.2) is 0 Å². The van der Waals surface area contributed by atoms with Crippen LogP contribution in [-0.4, -0.2) is 19.5 Å². The van der Waals surface area contributed by atoms with Gasteiger partial charge in [-0.1, -0.05) is 54.1 Å². The maximum Gasteiger partial charge on any atom is 0.335 e. The molecule has 0 amide bonds. The molecule has 0 fully saturated rings. The Balaban J connectivity index is 2.08. The quantitative estimate of drug-likeness (QED) is 0.504. The smallest absolute Gasteiger partial charge is 0.335 e. The molecule has 0 atom stereocenters. The number of benzene rings is 3. The van der Waals surface area contributed by atoms with Crippen LogP contribution in [0.4, 0.5) is 0 Å². The Hall–Kier alpha value is -2.54. The van der Waals surface area contributed by atoms with E-state index in [4.69, 9.17) is 27.0 Å². The molecular weight excluding hydrogens is 435 g/mol. The minimum atomic E-state index is -4.21. The monoisotopic (exact) mass is 450 g/mol. The van der Waals surface area contributed by atoms with E-state index in [0.29, 0.717) is 10.6 Å². The molecule has 0 aromatic heterocycles. The Bertz CT molecular complexity index is 1130. The summed E-state index contributed by atoms with van der Waals surface area (Å²) in [6.45, 7) is 0.101. The summed E-state index contributed by atoms with van der Waals surface area (Å²) in [5.41, 5.74) is 1.68. The zero-order valence-corrected chi connectivity index (χ0v) is 17.3. The fourth-order valence-electron chi connectivity index (χ4n) is 2.81. The van der Waals surface area contributed by atoms with Crippen LogP contribution in [0.1, 0.15) is 27.0 Å². The van der Waals surface area contributed by atoms with Crippen LogP contribution in [0.2, 0.25) is 5.02 Å². The van der Waals surface area contributed by atoms with Crippen LogP contribution in [0.5, 0.6) is 5.75 Å². The molecule has 3 aromatic carbocycles. The average molecular weight is 451 g/mol. The highest BCUT2D eigenvalue weighted by Crippen LogP contribution is 2.33. The molecule has 8 heteroatoms. The van der Waals surface area contributed by atoms with Gasteiger partial charge in [-0.3, -0.25) is 0 Å². The summed E-state index contributed by atoms with van der Waals surface area (Å²) in [7, 11) is 1.41. The zero-order chi connectivity index (χ0) is 21.0. The average Bonchev–Trinajstić information content (AvgIpc) is 2.68. The highest BCUT2D eigenvalue weighted by molar-refractivity contribution is 8.13. The fourth-order valence-corrected chi connectivity index (χ4v) is 4.08. The number of carboxylic acids is 1. The third kappa shape index (κ3) is 5.50. The Morgan fingerprint density at radius 1 is 0.966 bits per heavy atom. The molecule has 1 N–H and O–H groups in total. The van der Waals surface area contributed by atoms with Gasteiger partial charge >= 0.3 is 5.97 Å². The topological polar surface area (TPSA) is 80.7 Å². The van der Waals surface area contributed by atoms with Gasteiger partial charge < -0.3 is 9.84 Å². The number of hydrogen-bond donors (Lipinski definition) is 1. The van der Waals surface area contributed by atoms with Gasteiger partial charge in [0, 0.05) is 27.7 Å². The van der Waals surface area contributed by atoms with Crippen molar-refractivity contribution in [2.45, 2.75) is 17.9 Å². The van der Waals surface area contributed by atoms with E-state index in [1.165, 1.54) is 6.07 Å². The number of ether oxygens (including phenoxy) is 1. The molecule has 0 saturated carbocycles. The molecule has 3 rings (SSSR count). The minimum absolute atomic E-state index is 0.101. The molecule has 0 aliphatic heterocycles. The van der Waals surface area contributed by atoms with Crippen LogP contribution in [-0.2, 0) is 22.1 Å². The van der Waals surface area contributed by atoms with Crippen LogP contribution in [0.15, 0.2) is 71.6 Å². The van der Waals surface area contributed by atoms with Crippen molar-refractivity contribution in [3.8, 4) is 5.75 Å². The lowest BCUT2D eigenvalue weighted by Crippen LogP contribution is -2.08. The number of halogens is 2. The second-order valence-corrected chi connectivity index (χ2v) is 9.24. The fraction of sp³-hybridized carbons (Fsp3) is 0.0952. The molecule has 0 spiro atoms. The van der Waals surface area contributed by atoms with E-state index >= 15 is 0 Å². The van der Waals surface area contributed by atoms with Crippen molar-refractivity contribution in [2.75, 3.05) is 0 Å². The number of aromatic carboxylic acids is 1. The molecular formula is C21H16Cl2O5S. The van der Waals surface area contributed by atoms with Crippen LogP contribution < -0.4 is 4.74 Å². The molecule has 0 saturated heterocycles. The molecule has 0 heterocycles. The first kappa shape index (κ1) is 21.2. The highest BCUT2D eigenvalue weighted by Gasteiger charge is 2.23. The van der Waals surface area contributed by atoms with Gasteiger partial charge in [0.05, 0.1) is 10.5 Å². The minimum Gasteiger partial charge on any atom is -0.489 e. The van der Waals surface area contributed by atoms with Crippen LogP contribution in [0.25, 0.3) is 0 Å². The first-order valence-electron chi connectivity index (χ1n) is 8.50. The maximum atomic E-state index is 12.2. The summed E-state index contributed by atoms with van der Waals surface area (Å²) in [5, 5.41) is 9.96. The van der Waals surface area contributed by atoms with E-state index in [1.54, 1.807) is 24.3 Å². The van der Waals surface area contributed by atoms with Gasteiger partial charge in [0.2, 0.25) is 0 Å². The Labute approximate surface area is 177 Å². The van der Waals surface area contributed by atoms with Crippen LogP contribution in [0.3, 0.4) is 0 Å². The molecule has 0 bridgehead atoms. The molecule has 3 aromatic rings. The second-order valence-electron chi connectivity index (χ2n) is 6.27. The standard InChI is InChI=1S/C21H16Cl2O5S/c22-17-8-6-15(7-9-17)13-28-19-11-16(21(24)25)12-20(29(23,26)27)18(19)10-14-4-2-1-3-5-14/h1-9,11-12H,10,13H2,(H,24,25). The normalized spacial score (nSPS) is 11.2. The van der Waals surface area contributed by atoms with Crippen molar-refractivity contribution in [3.05, 3.63) is 94.0 Å². The van der Waals surface area contributed by atoms with Crippen molar-refractivity contribution in [3.63, 3.8) is 0 Å². The summed E-state index contributed by atoms with van der Waals surface area (Å²) in [6.07, 6.45) is 0.206. The van der Waals surface area contributed by atoms with Gasteiger partial charge in [0.1, 0.15) is 12.4 Å². The van der Waals surface area contributed by atoms with E-state index in [2.05, 4.69) is 0 Å². The van der Waals surface area contributed by atoms with E-state index in [0.717, 1.165) is 17.2 Å².